The van der Waals surface area contributed by atoms with E-state index >= 15 is 0 Å². The molecule has 2 aliphatic carbocycles. The minimum absolute atomic E-state index is 0.0652. The minimum Gasteiger partial charge on any atom is -0.480 e. The topological polar surface area (TPSA) is 200 Å². The van der Waals surface area contributed by atoms with Crippen LogP contribution in [0.25, 0.3) is 0 Å². The molecular weight excluding hydrogens is 640 g/mol. The zero-order chi connectivity index (χ0) is 35.6. The summed E-state index contributed by atoms with van der Waals surface area (Å²) < 4.78 is 26.0. The second-order valence-electron chi connectivity index (χ2n) is 12.4. The van der Waals surface area contributed by atoms with Gasteiger partial charge in [-0.1, -0.05) is 38.1 Å². The smallest absolute Gasteiger partial charge is 0.407 e. The zero-order valence-electron chi connectivity index (χ0n) is 28.4. The molecule has 3 rings (SSSR count). The summed E-state index contributed by atoms with van der Waals surface area (Å²) >= 11 is 0. The molecule has 5 atom stereocenters. The van der Waals surface area contributed by atoms with Crippen molar-refractivity contribution in [3.8, 4) is 0 Å². The Morgan fingerprint density at radius 1 is 0.816 bits per heavy atom. The van der Waals surface area contributed by atoms with E-state index in [-0.39, 0.29) is 45.7 Å². The number of carbonyl (C=O) groups is 5. The number of anilines is 1. The summed E-state index contributed by atoms with van der Waals surface area (Å²) in [6, 6.07) is 4.89. The van der Waals surface area contributed by atoms with Crippen LogP contribution in [0.3, 0.4) is 0 Å². The molecular formula is C34H50N4O11. The molecule has 0 saturated heterocycles. The summed E-state index contributed by atoms with van der Waals surface area (Å²) in [5.74, 6) is -0.632. The number of aliphatic carboxylic acids is 1. The van der Waals surface area contributed by atoms with Crippen LogP contribution in [-0.4, -0.2) is 93.5 Å². The standard InChI is InChI=1S/C34H50N4O11/c1-22(2)30(32(42)36-23(3)31(41)37-25-12-10-24(11-13-25)18-46-21-47-20-29(39)40)38-34(44)48-17-16-45-15-14-35-33(43)49-19-28-26-8-6-4-5-7-9-27(26)28/h4-5,10-13,22-23,26-28,30H,6-9,14-21H2,1-3H3,(H,35,43)(H,36,42)(H,37,41)(H,38,44)(H,39,40)/b5-4-/t23-,26-,27+,28-,30-/m0/s1. The van der Waals surface area contributed by atoms with Crippen molar-refractivity contribution in [1.29, 1.82) is 0 Å². The first-order chi connectivity index (χ1) is 23.5. The third-order valence-electron chi connectivity index (χ3n) is 8.25. The molecule has 4 amide bonds. The summed E-state index contributed by atoms with van der Waals surface area (Å²) in [5.41, 5.74) is 1.27. The number of benzene rings is 1. The SMILES string of the molecule is CC(C)[C@H](NC(=O)OCCOCCNC(=O)OC[C@@H]1[C@@H]2CC/C=C\CC[C@@H]21)C(=O)N[C@@H](C)C(=O)Nc1ccc(COCOCC(=O)O)cc1. The van der Waals surface area contributed by atoms with Gasteiger partial charge in [-0.25, -0.2) is 14.4 Å². The number of hydrogen-bond donors (Lipinski definition) is 5. The van der Waals surface area contributed by atoms with Crippen molar-refractivity contribution in [2.75, 3.05) is 51.7 Å². The molecule has 0 aromatic heterocycles. The predicted molar refractivity (Wildman–Crippen MR) is 177 cm³/mol. The molecule has 0 unspecified atom stereocenters. The monoisotopic (exact) mass is 690 g/mol. The van der Waals surface area contributed by atoms with Gasteiger partial charge in [-0.3, -0.25) is 9.59 Å². The Balaban J connectivity index is 1.25. The molecule has 0 heterocycles. The third kappa shape index (κ3) is 14.8. The average molecular weight is 691 g/mol. The second kappa shape index (κ2) is 21.0. The molecule has 0 spiro atoms. The fraction of sp³-hybridized carbons (Fsp3) is 0.618. The van der Waals surface area contributed by atoms with Crippen LogP contribution in [0.5, 0.6) is 0 Å². The number of ether oxygens (including phenoxy) is 5. The molecule has 1 aromatic carbocycles. The van der Waals surface area contributed by atoms with E-state index in [1.54, 1.807) is 38.1 Å². The lowest BCUT2D eigenvalue weighted by Crippen LogP contribution is -2.53. The largest absolute Gasteiger partial charge is 0.480 e. The van der Waals surface area contributed by atoms with Crippen molar-refractivity contribution in [3.63, 3.8) is 0 Å². The molecule has 2 aliphatic rings. The lowest BCUT2D eigenvalue weighted by atomic mass is 10.0. The van der Waals surface area contributed by atoms with Crippen LogP contribution in [0.2, 0.25) is 0 Å². The van der Waals surface area contributed by atoms with E-state index < -0.39 is 48.7 Å². The summed E-state index contributed by atoms with van der Waals surface area (Å²) in [6.45, 7) is 5.51. The van der Waals surface area contributed by atoms with E-state index in [0.29, 0.717) is 30.0 Å². The van der Waals surface area contributed by atoms with Gasteiger partial charge < -0.3 is 50.1 Å². The first-order valence-electron chi connectivity index (χ1n) is 16.7. The maximum absolute atomic E-state index is 12.9. The van der Waals surface area contributed by atoms with Gasteiger partial charge in [0.25, 0.3) is 0 Å². The third-order valence-corrected chi connectivity index (χ3v) is 8.25. The predicted octanol–water partition coefficient (Wildman–Crippen LogP) is 3.19. The Morgan fingerprint density at radius 3 is 2.16 bits per heavy atom. The number of carbonyl (C=O) groups excluding carboxylic acids is 4. The molecule has 1 saturated carbocycles. The Hall–Kier alpha value is -4.21. The van der Waals surface area contributed by atoms with Gasteiger partial charge in [-0.05, 0) is 74.0 Å². The van der Waals surface area contributed by atoms with Gasteiger partial charge in [-0.15, -0.1) is 0 Å². The normalized spacial score (nSPS) is 20.0. The van der Waals surface area contributed by atoms with Crippen molar-refractivity contribution >= 4 is 35.7 Å². The van der Waals surface area contributed by atoms with Crippen molar-refractivity contribution in [2.45, 2.75) is 65.1 Å². The van der Waals surface area contributed by atoms with Crippen LogP contribution in [-0.2, 0) is 44.7 Å². The number of nitrogens with one attached hydrogen (secondary N) is 4. The zero-order valence-corrected chi connectivity index (χ0v) is 28.4. The van der Waals surface area contributed by atoms with Crippen molar-refractivity contribution in [3.05, 3.63) is 42.0 Å². The van der Waals surface area contributed by atoms with E-state index in [2.05, 4.69) is 33.4 Å². The lowest BCUT2D eigenvalue weighted by molar-refractivity contribution is -0.148. The quantitative estimate of drug-likeness (QED) is 0.0765. The molecule has 272 valence electrons. The molecule has 1 aromatic rings. The van der Waals surface area contributed by atoms with Crippen LogP contribution in [0.1, 0.15) is 52.0 Å². The van der Waals surface area contributed by atoms with E-state index in [1.165, 1.54) is 6.92 Å². The van der Waals surface area contributed by atoms with Gasteiger partial charge in [0.15, 0.2) is 0 Å². The van der Waals surface area contributed by atoms with E-state index in [9.17, 15) is 24.0 Å². The Morgan fingerprint density at radius 2 is 1.51 bits per heavy atom. The number of carboxylic acid groups (broad SMARTS) is 1. The van der Waals surface area contributed by atoms with Gasteiger partial charge in [0, 0.05) is 12.2 Å². The van der Waals surface area contributed by atoms with Crippen LogP contribution in [0.15, 0.2) is 36.4 Å². The highest BCUT2D eigenvalue weighted by Crippen LogP contribution is 2.52. The Bertz CT molecular complexity index is 1240. The lowest BCUT2D eigenvalue weighted by Gasteiger charge is -2.23. The fourth-order valence-corrected chi connectivity index (χ4v) is 5.54. The summed E-state index contributed by atoms with van der Waals surface area (Å²) in [5, 5.41) is 19.1. The van der Waals surface area contributed by atoms with Gasteiger partial charge in [0.2, 0.25) is 11.8 Å². The highest BCUT2D eigenvalue weighted by molar-refractivity contribution is 5.98. The minimum atomic E-state index is -1.09. The Labute approximate surface area is 286 Å². The first-order valence-corrected chi connectivity index (χ1v) is 16.7. The van der Waals surface area contributed by atoms with Gasteiger partial charge in [0.1, 0.15) is 32.1 Å². The highest BCUT2D eigenvalue weighted by Gasteiger charge is 2.49. The molecule has 5 N–H and O–H groups in total. The van der Waals surface area contributed by atoms with Gasteiger partial charge >= 0.3 is 18.2 Å². The summed E-state index contributed by atoms with van der Waals surface area (Å²) in [7, 11) is 0. The first kappa shape index (κ1) is 39.2. The van der Waals surface area contributed by atoms with Crippen molar-refractivity contribution < 1.29 is 52.8 Å². The molecule has 1 fully saturated rings. The molecule has 0 aliphatic heterocycles. The van der Waals surface area contributed by atoms with Crippen molar-refractivity contribution in [2.24, 2.45) is 23.7 Å². The van der Waals surface area contributed by atoms with E-state index in [4.69, 9.17) is 28.8 Å². The molecule has 15 nitrogen and oxygen atoms in total. The molecule has 15 heteroatoms. The number of fused-ring (bicyclic) bond motifs is 1. The average Bonchev–Trinajstić information content (AvgIpc) is 3.70. The van der Waals surface area contributed by atoms with E-state index in [0.717, 1.165) is 31.2 Å². The fourth-order valence-electron chi connectivity index (χ4n) is 5.54. The summed E-state index contributed by atoms with van der Waals surface area (Å²) in [6.07, 6.45) is 7.69. The van der Waals surface area contributed by atoms with Crippen LogP contribution >= 0.6 is 0 Å². The number of carboxylic acids is 1. The molecule has 0 bridgehead atoms. The molecule has 0 radical (unpaired) electrons. The number of rotatable bonds is 20. The Kier molecular flexibility index (Phi) is 16.8. The second-order valence-corrected chi connectivity index (χ2v) is 12.4. The molecule has 49 heavy (non-hydrogen) atoms. The van der Waals surface area contributed by atoms with E-state index in [1.807, 2.05) is 0 Å². The maximum atomic E-state index is 12.9. The van der Waals surface area contributed by atoms with Gasteiger partial charge in [-0.2, -0.15) is 0 Å². The van der Waals surface area contributed by atoms with Crippen LogP contribution < -0.4 is 21.3 Å². The van der Waals surface area contributed by atoms with Gasteiger partial charge in [0.05, 0.1) is 26.4 Å². The highest BCUT2D eigenvalue weighted by atomic mass is 16.7. The summed E-state index contributed by atoms with van der Waals surface area (Å²) in [4.78, 5) is 60.4. The number of alkyl carbamates (subject to hydrolysis) is 2. The van der Waals surface area contributed by atoms with Crippen LogP contribution in [0.4, 0.5) is 15.3 Å². The maximum Gasteiger partial charge on any atom is 0.407 e. The number of amides is 4. The number of allylic oxidation sites excluding steroid dienone is 2. The van der Waals surface area contributed by atoms with Crippen molar-refractivity contribution in [1.82, 2.24) is 16.0 Å². The van der Waals surface area contributed by atoms with Crippen LogP contribution in [0, 0.1) is 23.7 Å². The number of hydrogen-bond acceptors (Lipinski definition) is 10.